The summed E-state index contributed by atoms with van der Waals surface area (Å²) in [6, 6.07) is 3.18. The summed E-state index contributed by atoms with van der Waals surface area (Å²) < 4.78 is 1.53. The quantitative estimate of drug-likeness (QED) is 0.620. The first-order valence-corrected chi connectivity index (χ1v) is 5.90. The van der Waals surface area contributed by atoms with Crippen LogP contribution in [0.4, 0.5) is 0 Å². The number of halogens is 4. The van der Waals surface area contributed by atoms with Crippen LogP contribution in [-0.4, -0.2) is 15.0 Å². The lowest BCUT2D eigenvalue weighted by molar-refractivity contribution is 0.781. The van der Waals surface area contributed by atoms with Gasteiger partial charge in [-0.15, -0.1) is 16.7 Å². The van der Waals surface area contributed by atoms with E-state index in [1.54, 1.807) is 18.3 Å². The molecule has 0 amide bonds. The predicted octanol–water partition coefficient (Wildman–Crippen LogP) is 3.97. The fourth-order valence-corrected chi connectivity index (χ4v) is 2.03. The zero-order chi connectivity index (χ0) is 11.7. The van der Waals surface area contributed by atoms with Crippen molar-refractivity contribution in [1.82, 2.24) is 15.0 Å². The zero-order valence-electron chi connectivity index (χ0n) is 7.79. The molecule has 1 aromatic heterocycles. The SMILES string of the molecule is ClCc1cnnn1-c1cc(Cl)c(Cl)cc1Cl. The minimum absolute atomic E-state index is 0.281. The molecule has 0 aliphatic carbocycles. The molecule has 0 saturated carbocycles. The number of benzene rings is 1. The highest BCUT2D eigenvalue weighted by Crippen LogP contribution is 2.31. The normalized spacial score (nSPS) is 10.8. The molecule has 0 atom stereocenters. The molecule has 0 unspecified atom stereocenters. The number of hydrogen-bond donors (Lipinski definition) is 0. The molecule has 0 bridgehead atoms. The summed E-state index contributed by atoms with van der Waals surface area (Å²) in [4.78, 5) is 0. The molecule has 0 aliphatic heterocycles. The first-order valence-electron chi connectivity index (χ1n) is 4.24. The van der Waals surface area contributed by atoms with E-state index in [4.69, 9.17) is 46.4 Å². The van der Waals surface area contributed by atoms with Gasteiger partial charge in [0.2, 0.25) is 0 Å². The molecule has 1 aromatic carbocycles. The minimum atomic E-state index is 0.281. The Morgan fingerprint density at radius 1 is 1.06 bits per heavy atom. The molecular weight excluding hydrogens is 292 g/mol. The lowest BCUT2D eigenvalue weighted by Crippen LogP contribution is -2.01. The third-order valence-electron chi connectivity index (χ3n) is 1.97. The van der Waals surface area contributed by atoms with Crippen molar-refractivity contribution >= 4 is 46.4 Å². The van der Waals surface area contributed by atoms with Gasteiger partial charge in [-0.25, -0.2) is 4.68 Å². The van der Waals surface area contributed by atoms with Crippen molar-refractivity contribution in [2.45, 2.75) is 5.88 Å². The summed E-state index contributed by atoms with van der Waals surface area (Å²) >= 11 is 23.5. The van der Waals surface area contributed by atoms with Gasteiger partial charge in [0.1, 0.15) is 0 Å². The average molecular weight is 297 g/mol. The van der Waals surface area contributed by atoms with Crippen molar-refractivity contribution in [3.63, 3.8) is 0 Å². The van der Waals surface area contributed by atoms with Crippen LogP contribution in [0.25, 0.3) is 5.69 Å². The van der Waals surface area contributed by atoms with Gasteiger partial charge in [-0.2, -0.15) is 0 Å². The maximum absolute atomic E-state index is 6.05. The first kappa shape index (κ1) is 12.0. The van der Waals surface area contributed by atoms with Crippen LogP contribution < -0.4 is 0 Å². The van der Waals surface area contributed by atoms with Gasteiger partial charge in [0.25, 0.3) is 0 Å². The Hall–Kier alpha value is -0.480. The molecule has 3 nitrogen and oxygen atoms in total. The third-order valence-corrected chi connectivity index (χ3v) is 3.27. The fourth-order valence-electron chi connectivity index (χ4n) is 1.22. The van der Waals surface area contributed by atoms with Crippen LogP contribution in [0.1, 0.15) is 5.69 Å². The van der Waals surface area contributed by atoms with Crippen molar-refractivity contribution in [2.75, 3.05) is 0 Å². The Bertz CT molecular complexity index is 523. The molecule has 0 aliphatic rings. The smallest absolute Gasteiger partial charge is 0.0869 e. The molecular formula is C9H5Cl4N3. The molecule has 1 heterocycles. The number of aromatic nitrogens is 3. The highest BCUT2D eigenvalue weighted by atomic mass is 35.5. The Balaban J connectivity index is 2.60. The van der Waals surface area contributed by atoms with E-state index < -0.39 is 0 Å². The molecule has 0 radical (unpaired) electrons. The lowest BCUT2D eigenvalue weighted by atomic mass is 10.3. The standard InChI is InChI=1S/C9H5Cl4N3/c10-3-5-4-14-15-16(5)9-2-7(12)6(11)1-8(9)13/h1-2,4H,3H2. The van der Waals surface area contributed by atoms with Crippen molar-refractivity contribution in [3.05, 3.63) is 39.1 Å². The molecule has 0 N–H and O–H groups in total. The molecule has 0 fully saturated rings. The van der Waals surface area contributed by atoms with Crippen LogP contribution in [0.5, 0.6) is 0 Å². The Kier molecular flexibility index (Phi) is 3.60. The summed E-state index contributed by atoms with van der Waals surface area (Å²) in [5.74, 6) is 0.281. The summed E-state index contributed by atoms with van der Waals surface area (Å²) in [7, 11) is 0. The van der Waals surface area contributed by atoms with Gasteiger partial charge in [0.05, 0.1) is 38.5 Å². The van der Waals surface area contributed by atoms with E-state index in [-0.39, 0.29) is 5.88 Å². The van der Waals surface area contributed by atoms with Gasteiger partial charge in [-0.3, -0.25) is 0 Å². The van der Waals surface area contributed by atoms with E-state index in [9.17, 15) is 0 Å². The van der Waals surface area contributed by atoms with Gasteiger partial charge in [0.15, 0.2) is 0 Å². The molecule has 16 heavy (non-hydrogen) atoms. The van der Waals surface area contributed by atoms with E-state index in [1.165, 1.54) is 4.68 Å². The topological polar surface area (TPSA) is 30.7 Å². The van der Waals surface area contributed by atoms with Crippen LogP contribution in [0.15, 0.2) is 18.3 Å². The number of rotatable bonds is 2. The van der Waals surface area contributed by atoms with E-state index in [0.717, 1.165) is 5.69 Å². The molecule has 0 saturated heterocycles. The van der Waals surface area contributed by atoms with E-state index >= 15 is 0 Å². The maximum atomic E-state index is 6.05. The van der Waals surface area contributed by atoms with Crippen molar-refractivity contribution < 1.29 is 0 Å². The van der Waals surface area contributed by atoms with Crippen LogP contribution >= 0.6 is 46.4 Å². The number of alkyl halides is 1. The predicted molar refractivity (Wildman–Crippen MR) is 65.9 cm³/mol. The first-order chi connectivity index (χ1) is 7.63. The molecule has 2 aromatic rings. The Morgan fingerprint density at radius 3 is 2.44 bits per heavy atom. The van der Waals surface area contributed by atoms with E-state index in [1.807, 2.05) is 0 Å². The Labute approximate surface area is 112 Å². The lowest BCUT2D eigenvalue weighted by Gasteiger charge is -2.07. The van der Waals surface area contributed by atoms with Crippen LogP contribution in [-0.2, 0) is 5.88 Å². The van der Waals surface area contributed by atoms with E-state index in [2.05, 4.69) is 10.3 Å². The van der Waals surface area contributed by atoms with Crippen LogP contribution in [0.2, 0.25) is 15.1 Å². The van der Waals surface area contributed by atoms with Crippen molar-refractivity contribution in [1.29, 1.82) is 0 Å². The second kappa shape index (κ2) is 4.80. The number of nitrogens with zero attached hydrogens (tertiary/aromatic N) is 3. The highest BCUT2D eigenvalue weighted by Gasteiger charge is 2.11. The van der Waals surface area contributed by atoms with Crippen LogP contribution in [0, 0.1) is 0 Å². The number of hydrogen-bond acceptors (Lipinski definition) is 2. The summed E-state index contributed by atoms with van der Waals surface area (Å²) in [6.45, 7) is 0. The van der Waals surface area contributed by atoms with Gasteiger partial charge < -0.3 is 0 Å². The van der Waals surface area contributed by atoms with Crippen molar-refractivity contribution in [2.24, 2.45) is 0 Å². The molecule has 84 valence electrons. The maximum Gasteiger partial charge on any atom is 0.0869 e. The third kappa shape index (κ3) is 2.13. The van der Waals surface area contributed by atoms with Crippen LogP contribution in [0.3, 0.4) is 0 Å². The second-order valence-corrected chi connectivity index (χ2v) is 4.48. The van der Waals surface area contributed by atoms with Gasteiger partial charge in [0, 0.05) is 0 Å². The summed E-state index contributed by atoms with van der Waals surface area (Å²) in [6.07, 6.45) is 1.56. The second-order valence-electron chi connectivity index (χ2n) is 2.99. The monoisotopic (exact) mass is 295 g/mol. The van der Waals surface area contributed by atoms with E-state index in [0.29, 0.717) is 20.8 Å². The molecule has 0 spiro atoms. The zero-order valence-corrected chi connectivity index (χ0v) is 10.8. The Morgan fingerprint density at radius 2 is 1.75 bits per heavy atom. The van der Waals surface area contributed by atoms with Gasteiger partial charge in [-0.1, -0.05) is 40.0 Å². The highest BCUT2D eigenvalue weighted by molar-refractivity contribution is 6.43. The van der Waals surface area contributed by atoms with Gasteiger partial charge >= 0.3 is 0 Å². The summed E-state index contributed by atoms with van der Waals surface area (Å²) in [5.41, 5.74) is 1.33. The van der Waals surface area contributed by atoms with Crippen molar-refractivity contribution in [3.8, 4) is 5.69 Å². The average Bonchev–Trinajstić information content (AvgIpc) is 2.71. The minimum Gasteiger partial charge on any atom is -0.215 e. The summed E-state index contributed by atoms with van der Waals surface area (Å²) in [5, 5.41) is 8.87. The molecule has 2 rings (SSSR count). The fraction of sp³-hybridized carbons (Fsp3) is 0.111. The largest absolute Gasteiger partial charge is 0.215 e. The molecule has 7 heteroatoms. The van der Waals surface area contributed by atoms with Gasteiger partial charge in [-0.05, 0) is 12.1 Å².